The van der Waals surface area contributed by atoms with E-state index in [-0.39, 0.29) is 11.6 Å². The molecule has 1 aliphatic carbocycles. The Balaban J connectivity index is 1.72. The standard InChI is InChI=1S/C23H24N2O2/c1-15(26)16-4-7-20-19(14-16)23-18-6-9-22(27)17(18)5-8-21(23)25(20)13-12-24-10-2-3-11-24/h4-5,7-8,14H,2-3,6,9-13H2,1H3. The SMILES string of the molecule is CC(=O)c1ccc2c(c1)c1c3c(ccc1n2CCN1CCCC1)C(=O)CC3. The largest absolute Gasteiger partial charge is 0.339 e. The van der Waals surface area contributed by atoms with Gasteiger partial charge in [0.2, 0.25) is 0 Å². The van der Waals surface area contributed by atoms with Crippen LogP contribution in [0.5, 0.6) is 0 Å². The maximum absolute atomic E-state index is 12.3. The van der Waals surface area contributed by atoms with Gasteiger partial charge in [0.25, 0.3) is 0 Å². The lowest BCUT2D eigenvalue weighted by Crippen LogP contribution is -2.24. The fourth-order valence-electron chi connectivity index (χ4n) is 4.86. The van der Waals surface area contributed by atoms with E-state index in [4.69, 9.17) is 0 Å². The van der Waals surface area contributed by atoms with Crippen LogP contribution in [0.15, 0.2) is 30.3 Å². The summed E-state index contributed by atoms with van der Waals surface area (Å²) in [5.41, 5.74) is 5.14. The minimum atomic E-state index is 0.0820. The van der Waals surface area contributed by atoms with Crippen molar-refractivity contribution in [2.45, 2.75) is 39.2 Å². The van der Waals surface area contributed by atoms with Crippen LogP contribution in [0.3, 0.4) is 0 Å². The fraction of sp³-hybridized carbons (Fsp3) is 0.391. The molecule has 138 valence electrons. The van der Waals surface area contributed by atoms with Gasteiger partial charge in [0.05, 0.1) is 0 Å². The molecule has 0 N–H and O–H groups in total. The van der Waals surface area contributed by atoms with Crippen molar-refractivity contribution in [1.82, 2.24) is 9.47 Å². The molecule has 0 radical (unpaired) electrons. The van der Waals surface area contributed by atoms with Gasteiger partial charge < -0.3 is 9.47 Å². The Hall–Kier alpha value is -2.46. The first-order chi connectivity index (χ1) is 13.1. The first-order valence-electron chi connectivity index (χ1n) is 9.98. The second kappa shape index (κ2) is 6.31. The van der Waals surface area contributed by atoms with E-state index in [1.165, 1.54) is 47.9 Å². The molecular weight excluding hydrogens is 336 g/mol. The summed E-state index contributed by atoms with van der Waals surface area (Å²) in [5.74, 6) is 0.325. The molecule has 2 aromatic carbocycles. The number of ketones is 2. The van der Waals surface area contributed by atoms with Crippen LogP contribution < -0.4 is 0 Å². The highest BCUT2D eigenvalue weighted by Gasteiger charge is 2.25. The average molecular weight is 360 g/mol. The molecule has 4 heteroatoms. The van der Waals surface area contributed by atoms with Crippen molar-refractivity contribution in [2.75, 3.05) is 19.6 Å². The van der Waals surface area contributed by atoms with Crippen molar-refractivity contribution in [3.63, 3.8) is 0 Å². The highest BCUT2D eigenvalue weighted by Crippen LogP contribution is 2.37. The van der Waals surface area contributed by atoms with Crippen molar-refractivity contribution in [3.05, 3.63) is 47.0 Å². The predicted molar refractivity (Wildman–Crippen MR) is 108 cm³/mol. The average Bonchev–Trinajstić information content (AvgIpc) is 3.37. The van der Waals surface area contributed by atoms with Gasteiger partial charge in [-0.05, 0) is 75.2 Å². The first-order valence-corrected chi connectivity index (χ1v) is 9.98. The minimum Gasteiger partial charge on any atom is -0.339 e. The maximum atomic E-state index is 12.3. The van der Waals surface area contributed by atoms with E-state index in [9.17, 15) is 9.59 Å². The van der Waals surface area contributed by atoms with Gasteiger partial charge in [-0.1, -0.05) is 0 Å². The van der Waals surface area contributed by atoms with E-state index in [0.29, 0.717) is 6.42 Å². The number of likely N-dealkylation sites (tertiary alicyclic amines) is 1. The van der Waals surface area contributed by atoms with E-state index in [1.807, 2.05) is 18.2 Å². The summed E-state index contributed by atoms with van der Waals surface area (Å²) in [6.07, 6.45) is 4.00. The molecule has 1 aromatic heterocycles. The Morgan fingerprint density at radius 2 is 1.78 bits per heavy atom. The molecule has 4 nitrogen and oxygen atoms in total. The number of nitrogens with zero attached hydrogens (tertiary/aromatic N) is 2. The van der Waals surface area contributed by atoms with E-state index in [1.54, 1.807) is 6.92 Å². The summed E-state index contributed by atoms with van der Waals surface area (Å²) in [7, 11) is 0. The molecule has 0 bridgehead atoms. The van der Waals surface area contributed by atoms with Crippen LogP contribution in [0.25, 0.3) is 21.8 Å². The van der Waals surface area contributed by atoms with Crippen LogP contribution in [0, 0.1) is 0 Å². The quantitative estimate of drug-likeness (QED) is 0.654. The Morgan fingerprint density at radius 3 is 2.56 bits per heavy atom. The summed E-state index contributed by atoms with van der Waals surface area (Å²) in [6.45, 7) is 5.97. The monoisotopic (exact) mass is 360 g/mol. The Kier molecular flexibility index (Phi) is 3.90. The van der Waals surface area contributed by atoms with Crippen molar-refractivity contribution < 1.29 is 9.59 Å². The van der Waals surface area contributed by atoms with Gasteiger partial charge in [0.15, 0.2) is 11.6 Å². The molecular formula is C23H24N2O2. The Morgan fingerprint density at radius 1 is 1.00 bits per heavy atom. The molecule has 0 saturated carbocycles. The van der Waals surface area contributed by atoms with Crippen LogP contribution in [0.4, 0.5) is 0 Å². The number of Topliss-reactive ketones (excluding diaryl/α,β-unsaturated/α-hetero) is 2. The van der Waals surface area contributed by atoms with Crippen LogP contribution in [-0.2, 0) is 13.0 Å². The number of benzene rings is 2. The number of hydrogen-bond acceptors (Lipinski definition) is 3. The molecule has 0 amide bonds. The van der Waals surface area contributed by atoms with Crippen LogP contribution in [0.2, 0.25) is 0 Å². The van der Waals surface area contributed by atoms with Gasteiger partial charge in [-0.25, -0.2) is 0 Å². The molecule has 1 saturated heterocycles. The zero-order chi connectivity index (χ0) is 18.5. The van der Waals surface area contributed by atoms with E-state index < -0.39 is 0 Å². The van der Waals surface area contributed by atoms with Crippen molar-refractivity contribution in [1.29, 1.82) is 0 Å². The second-order valence-corrected chi connectivity index (χ2v) is 7.90. The van der Waals surface area contributed by atoms with Gasteiger partial charge >= 0.3 is 0 Å². The van der Waals surface area contributed by atoms with Gasteiger partial charge in [-0.2, -0.15) is 0 Å². The highest BCUT2D eigenvalue weighted by molar-refractivity contribution is 6.16. The molecule has 0 atom stereocenters. The van der Waals surface area contributed by atoms with Crippen LogP contribution in [0.1, 0.15) is 52.5 Å². The molecule has 2 heterocycles. The summed E-state index contributed by atoms with van der Waals surface area (Å²) in [4.78, 5) is 26.7. The van der Waals surface area contributed by atoms with Crippen molar-refractivity contribution >= 4 is 33.4 Å². The Bertz CT molecular complexity index is 1090. The normalized spacial score (nSPS) is 17.3. The molecule has 2 aliphatic rings. The smallest absolute Gasteiger partial charge is 0.163 e. The van der Waals surface area contributed by atoms with E-state index in [2.05, 4.69) is 21.6 Å². The highest BCUT2D eigenvalue weighted by atomic mass is 16.1. The Labute approximate surface area is 158 Å². The van der Waals surface area contributed by atoms with Gasteiger partial charge in [0, 0.05) is 52.4 Å². The zero-order valence-electron chi connectivity index (χ0n) is 15.8. The van der Waals surface area contributed by atoms with Gasteiger partial charge in [-0.3, -0.25) is 9.59 Å². The predicted octanol–water partition coefficient (Wildman–Crippen LogP) is 4.22. The maximum Gasteiger partial charge on any atom is 0.163 e. The number of rotatable bonds is 4. The third-order valence-corrected chi connectivity index (χ3v) is 6.29. The molecule has 1 aliphatic heterocycles. The third-order valence-electron chi connectivity index (χ3n) is 6.29. The summed E-state index contributed by atoms with van der Waals surface area (Å²) >= 11 is 0. The summed E-state index contributed by atoms with van der Waals surface area (Å²) < 4.78 is 2.38. The van der Waals surface area contributed by atoms with Crippen molar-refractivity contribution in [3.8, 4) is 0 Å². The number of aromatic nitrogens is 1. The molecule has 27 heavy (non-hydrogen) atoms. The van der Waals surface area contributed by atoms with Crippen molar-refractivity contribution in [2.24, 2.45) is 0 Å². The lowest BCUT2D eigenvalue weighted by Gasteiger charge is -2.16. The molecule has 0 unspecified atom stereocenters. The number of carbonyl (C=O) groups excluding carboxylic acids is 2. The van der Waals surface area contributed by atoms with E-state index >= 15 is 0 Å². The summed E-state index contributed by atoms with van der Waals surface area (Å²) in [5, 5.41) is 2.29. The summed E-state index contributed by atoms with van der Waals surface area (Å²) in [6, 6.07) is 10.1. The number of hydrogen-bond donors (Lipinski definition) is 0. The number of fused-ring (bicyclic) bond motifs is 5. The number of carbonyl (C=O) groups is 2. The lowest BCUT2D eigenvalue weighted by atomic mass is 10.0. The number of aryl methyl sites for hydroxylation is 1. The second-order valence-electron chi connectivity index (χ2n) is 7.90. The first kappa shape index (κ1) is 16.7. The minimum absolute atomic E-state index is 0.0820. The van der Waals surface area contributed by atoms with Crippen LogP contribution in [-0.4, -0.2) is 40.7 Å². The van der Waals surface area contributed by atoms with E-state index in [0.717, 1.165) is 36.0 Å². The zero-order valence-corrected chi connectivity index (χ0v) is 15.8. The third kappa shape index (κ3) is 2.62. The molecule has 0 spiro atoms. The fourth-order valence-corrected chi connectivity index (χ4v) is 4.86. The molecule has 5 rings (SSSR count). The van der Waals surface area contributed by atoms with Crippen LogP contribution >= 0.6 is 0 Å². The molecule has 1 fully saturated rings. The molecule has 3 aromatic rings. The topological polar surface area (TPSA) is 42.3 Å². The lowest BCUT2D eigenvalue weighted by molar-refractivity contribution is 0.0991. The van der Waals surface area contributed by atoms with Gasteiger partial charge in [-0.15, -0.1) is 0 Å². The van der Waals surface area contributed by atoms with Gasteiger partial charge in [0.1, 0.15) is 0 Å².